The summed E-state index contributed by atoms with van der Waals surface area (Å²) in [5.74, 6) is 1.16. The number of thiophene rings is 1. The Hall–Kier alpha value is -1.89. The summed E-state index contributed by atoms with van der Waals surface area (Å²) in [5, 5.41) is 5.18. The smallest absolute Gasteiger partial charge is 0.322 e. The first-order valence-electron chi connectivity index (χ1n) is 6.97. The molecule has 21 heavy (non-hydrogen) atoms. The topological polar surface area (TPSA) is 63.2 Å². The van der Waals surface area contributed by atoms with Crippen molar-refractivity contribution in [2.45, 2.75) is 33.4 Å². The summed E-state index contributed by atoms with van der Waals surface area (Å²) in [7, 11) is 1.56. The molecule has 2 heterocycles. The van der Waals surface area contributed by atoms with Crippen LogP contribution in [0.3, 0.4) is 0 Å². The monoisotopic (exact) mass is 307 g/mol. The Kier molecular flexibility index (Phi) is 5.32. The lowest BCUT2D eigenvalue weighted by atomic mass is 10.3. The second kappa shape index (κ2) is 7.21. The molecule has 2 aromatic rings. The van der Waals surface area contributed by atoms with Crippen molar-refractivity contribution in [3.05, 3.63) is 22.4 Å². The normalized spacial score (nSPS) is 10.7. The Morgan fingerprint density at radius 2 is 2.14 bits per heavy atom. The van der Waals surface area contributed by atoms with Crippen molar-refractivity contribution in [2.24, 2.45) is 0 Å². The van der Waals surface area contributed by atoms with Crippen LogP contribution in [0.5, 0.6) is 6.01 Å². The molecule has 0 unspecified atom stereocenters. The van der Waals surface area contributed by atoms with Gasteiger partial charge in [-0.15, -0.1) is 11.3 Å². The van der Waals surface area contributed by atoms with Gasteiger partial charge in [-0.3, -0.25) is 0 Å². The van der Waals surface area contributed by atoms with Gasteiger partial charge in [0.1, 0.15) is 0 Å². The van der Waals surface area contributed by atoms with Crippen LogP contribution in [0, 0.1) is 0 Å². The molecule has 0 saturated heterocycles. The Morgan fingerprint density at radius 3 is 2.71 bits per heavy atom. The van der Waals surface area contributed by atoms with Crippen LogP contribution in [0.1, 0.15) is 25.6 Å². The standard InChI is InChI=1S/C14H21N5OS/c1-5-15-12-16-13(18-14(17-12)20-4)19(10(2)3)9-11-7-6-8-21-11/h6-8,10H,5,9H2,1-4H3,(H,15,16,17,18). The molecule has 0 aliphatic carbocycles. The average Bonchev–Trinajstić information content (AvgIpc) is 2.97. The van der Waals surface area contributed by atoms with Gasteiger partial charge >= 0.3 is 6.01 Å². The molecular weight excluding hydrogens is 286 g/mol. The summed E-state index contributed by atoms with van der Waals surface area (Å²) in [4.78, 5) is 16.5. The van der Waals surface area contributed by atoms with E-state index < -0.39 is 0 Å². The highest BCUT2D eigenvalue weighted by atomic mass is 32.1. The number of methoxy groups -OCH3 is 1. The minimum absolute atomic E-state index is 0.272. The molecular formula is C14H21N5OS. The molecule has 0 aliphatic rings. The number of ether oxygens (including phenoxy) is 1. The van der Waals surface area contributed by atoms with Crippen LogP contribution in [-0.2, 0) is 6.54 Å². The van der Waals surface area contributed by atoms with Gasteiger partial charge in [-0.25, -0.2) is 0 Å². The van der Waals surface area contributed by atoms with Crippen molar-refractivity contribution in [2.75, 3.05) is 23.9 Å². The number of hydrogen-bond donors (Lipinski definition) is 1. The van der Waals surface area contributed by atoms with E-state index in [9.17, 15) is 0 Å². The number of anilines is 2. The SMILES string of the molecule is CCNc1nc(OC)nc(N(Cc2cccs2)C(C)C)n1. The molecule has 2 aromatic heterocycles. The Bertz CT molecular complexity index is 558. The number of hydrogen-bond acceptors (Lipinski definition) is 7. The second-order valence-electron chi connectivity index (χ2n) is 4.78. The number of nitrogens with zero attached hydrogens (tertiary/aromatic N) is 4. The highest BCUT2D eigenvalue weighted by Gasteiger charge is 2.17. The van der Waals surface area contributed by atoms with E-state index in [1.165, 1.54) is 4.88 Å². The Balaban J connectivity index is 2.32. The summed E-state index contributed by atoms with van der Waals surface area (Å²) in [6, 6.07) is 4.77. The van der Waals surface area contributed by atoms with Gasteiger partial charge < -0.3 is 15.0 Å². The summed E-state index contributed by atoms with van der Waals surface area (Å²) < 4.78 is 5.18. The van der Waals surface area contributed by atoms with Crippen LogP contribution < -0.4 is 15.0 Å². The fraction of sp³-hybridized carbons (Fsp3) is 0.500. The van der Waals surface area contributed by atoms with Gasteiger partial charge in [0, 0.05) is 17.5 Å². The van der Waals surface area contributed by atoms with E-state index >= 15 is 0 Å². The van der Waals surface area contributed by atoms with Crippen molar-refractivity contribution in [3.8, 4) is 6.01 Å². The van der Waals surface area contributed by atoms with E-state index in [4.69, 9.17) is 4.74 Å². The molecule has 2 rings (SSSR count). The largest absolute Gasteiger partial charge is 0.467 e. The maximum Gasteiger partial charge on any atom is 0.322 e. The van der Waals surface area contributed by atoms with Crippen LogP contribution in [-0.4, -0.2) is 34.6 Å². The first-order chi connectivity index (χ1) is 10.1. The van der Waals surface area contributed by atoms with Gasteiger partial charge in [-0.1, -0.05) is 6.07 Å². The Labute approximate surface area is 129 Å². The van der Waals surface area contributed by atoms with Crippen LogP contribution in [0.15, 0.2) is 17.5 Å². The maximum atomic E-state index is 5.18. The van der Waals surface area contributed by atoms with Crippen molar-refractivity contribution in [1.82, 2.24) is 15.0 Å². The van der Waals surface area contributed by atoms with E-state index in [0.29, 0.717) is 17.9 Å². The zero-order valence-corrected chi connectivity index (χ0v) is 13.6. The highest BCUT2D eigenvalue weighted by molar-refractivity contribution is 7.09. The molecule has 7 heteroatoms. The van der Waals surface area contributed by atoms with E-state index in [2.05, 4.69) is 56.5 Å². The number of rotatable bonds is 7. The molecule has 6 nitrogen and oxygen atoms in total. The van der Waals surface area contributed by atoms with Gasteiger partial charge in [0.25, 0.3) is 0 Å². The highest BCUT2D eigenvalue weighted by Crippen LogP contribution is 2.21. The van der Waals surface area contributed by atoms with Crippen molar-refractivity contribution in [3.63, 3.8) is 0 Å². The Morgan fingerprint density at radius 1 is 1.33 bits per heavy atom. The molecule has 0 saturated carbocycles. The van der Waals surface area contributed by atoms with E-state index in [0.717, 1.165) is 13.1 Å². The lowest BCUT2D eigenvalue weighted by Gasteiger charge is -2.26. The predicted octanol–water partition coefficient (Wildman–Crippen LogP) is 2.79. The van der Waals surface area contributed by atoms with Gasteiger partial charge in [0.15, 0.2) is 0 Å². The first kappa shape index (κ1) is 15.5. The lowest BCUT2D eigenvalue weighted by molar-refractivity contribution is 0.378. The molecule has 0 amide bonds. The zero-order chi connectivity index (χ0) is 15.2. The maximum absolute atomic E-state index is 5.18. The molecule has 0 atom stereocenters. The minimum atomic E-state index is 0.272. The van der Waals surface area contributed by atoms with E-state index in [1.807, 2.05) is 6.92 Å². The quantitative estimate of drug-likeness (QED) is 0.848. The van der Waals surface area contributed by atoms with E-state index in [-0.39, 0.29) is 6.04 Å². The van der Waals surface area contributed by atoms with Crippen LogP contribution in [0.4, 0.5) is 11.9 Å². The fourth-order valence-electron chi connectivity index (χ4n) is 1.86. The molecule has 0 aromatic carbocycles. The second-order valence-corrected chi connectivity index (χ2v) is 5.81. The first-order valence-corrected chi connectivity index (χ1v) is 7.85. The lowest BCUT2D eigenvalue weighted by Crippen LogP contribution is -2.32. The molecule has 114 valence electrons. The van der Waals surface area contributed by atoms with Gasteiger partial charge in [-0.05, 0) is 32.2 Å². The van der Waals surface area contributed by atoms with Crippen molar-refractivity contribution in [1.29, 1.82) is 0 Å². The predicted molar refractivity (Wildman–Crippen MR) is 86.2 cm³/mol. The number of aromatic nitrogens is 3. The summed E-state index contributed by atoms with van der Waals surface area (Å²) >= 11 is 1.73. The van der Waals surface area contributed by atoms with Gasteiger partial charge in [0.05, 0.1) is 13.7 Å². The summed E-state index contributed by atoms with van der Waals surface area (Å²) in [6.45, 7) is 7.77. The third kappa shape index (κ3) is 4.04. The third-order valence-electron chi connectivity index (χ3n) is 2.91. The van der Waals surface area contributed by atoms with E-state index in [1.54, 1.807) is 18.4 Å². The molecule has 0 spiro atoms. The molecule has 0 fully saturated rings. The van der Waals surface area contributed by atoms with Crippen LogP contribution in [0.2, 0.25) is 0 Å². The summed E-state index contributed by atoms with van der Waals surface area (Å²) in [6.07, 6.45) is 0. The molecule has 0 aliphatic heterocycles. The van der Waals surface area contributed by atoms with Crippen molar-refractivity contribution >= 4 is 23.2 Å². The number of nitrogens with one attached hydrogen (secondary N) is 1. The van der Waals surface area contributed by atoms with Gasteiger partial charge in [0.2, 0.25) is 11.9 Å². The molecule has 1 N–H and O–H groups in total. The minimum Gasteiger partial charge on any atom is -0.467 e. The van der Waals surface area contributed by atoms with Gasteiger partial charge in [-0.2, -0.15) is 15.0 Å². The van der Waals surface area contributed by atoms with Crippen LogP contribution >= 0.6 is 11.3 Å². The van der Waals surface area contributed by atoms with Crippen molar-refractivity contribution < 1.29 is 4.74 Å². The van der Waals surface area contributed by atoms with Crippen LogP contribution in [0.25, 0.3) is 0 Å². The fourth-order valence-corrected chi connectivity index (χ4v) is 2.56. The molecule has 0 bridgehead atoms. The zero-order valence-electron chi connectivity index (χ0n) is 12.8. The molecule has 0 radical (unpaired) electrons. The third-order valence-corrected chi connectivity index (χ3v) is 3.77. The average molecular weight is 307 g/mol. The summed E-state index contributed by atoms with van der Waals surface area (Å²) in [5.41, 5.74) is 0.